The highest BCUT2D eigenvalue weighted by Crippen LogP contribution is 2.17. The van der Waals surface area contributed by atoms with Gasteiger partial charge in [-0.25, -0.2) is 0 Å². The summed E-state index contributed by atoms with van der Waals surface area (Å²) in [5.74, 6) is 0.753. The van der Waals surface area contributed by atoms with Crippen LogP contribution >= 0.6 is 0 Å². The van der Waals surface area contributed by atoms with Gasteiger partial charge in [0.15, 0.2) is 6.61 Å². The minimum Gasteiger partial charge on any atom is -0.478 e. The van der Waals surface area contributed by atoms with Crippen molar-refractivity contribution in [1.82, 2.24) is 5.32 Å². The summed E-state index contributed by atoms with van der Waals surface area (Å²) < 4.78 is 5.32. The lowest BCUT2D eigenvalue weighted by molar-refractivity contribution is 0.283. The largest absolute Gasteiger partial charge is 0.478 e. The molecule has 1 aromatic carbocycles. The third-order valence-corrected chi connectivity index (χ3v) is 2.34. The zero-order chi connectivity index (χ0) is 12.3. The Hall–Kier alpha value is -1.57. The van der Waals surface area contributed by atoms with Gasteiger partial charge in [0.2, 0.25) is 0 Å². The number of nitrogens with one attached hydrogen (secondary N) is 1. The van der Waals surface area contributed by atoms with Crippen LogP contribution in [0.15, 0.2) is 24.3 Å². The van der Waals surface area contributed by atoms with Crippen LogP contribution in [0.2, 0.25) is 0 Å². The zero-order valence-corrected chi connectivity index (χ0v) is 9.85. The van der Waals surface area contributed by atoms with Crippen molar-refractivity contribution in [2.45, 2.75) is 19.4 Å². The second kappa shape index (κ2) is 8.57. The van der Waals surface area contributed by atoms with Crippen LogP contribution in [0.1, 0.15) is 18.4 Å². The molecular formula is C13H18N2O2. The van der Waals surface area contributed by atoms with E-state index in [-0.39, 0.29) is 13.2 Å². The molecule has 0 radical (unpaired) electrons. The van der Waals surface area contributed by atoms with Crippen molar-refractivity contribution in [2.75, 3.05) is 19.8 Å². The molecule has 0 aliphatic rings. The lowest BCUT2D eigenvalue weighted by Crippen LogP contribution is -2.15. The van der Waals surface area contributed by atoms with Gasteiger partial charge in [0.05, 0.1) is 0 Å². The van der Waals surface area contributed by atoms with E-state index >= 15 is 0 Å². The third kappa shape index (κ3) is 5.34. The van der Waals surface area contributed by atoms with Gasteiger partial charge in [-0.1, -0.05) is 18.2 Å². The van der Waals surface area contributed by atoms with Gasteiger partial charge in [0, 0.05) is 18.7 Å². The highest BCUT2D eigenvalue weighted by Gasteiger charge is 2.01. The maximum Gasteiger partial charge on any atom is 0.174 e. The minimum atomic E-state index is 0.0710. The number of benzene rings is 1. The van der Waals surface area contributed by atoms with Gasteiger partial charge < -0.3 is 15.2 Å². The molecule has 0 saturated carbocycles. The van der Waals surface area contributed by atoms with Crippen molar-refractivity contribution in [3.05, 3.63) is 29.8 Å². The van der Waals surface area contributed by atoms with Crippen LogP contribution in [0.4, 0.5) is 0 Å². The molecule has 2 N–H and O–H groups in total. The van der Waals surface area contributed by atoms with E-state index in [1.807, 2.05) is 30.3 Å². The third-order valence-electron chi connectivity index (χ3n) is 2.34. The van der Waals surface area contributed by atoms with Crippen LogP contribution < -0.4 is 10.1 Å². The van der Waals surface area contributed by atoms with Crippen molar-refractivity contribution < 1.29 is 9.84 Å². The van der Waals surface area contributed by atoms with Crippen molar-refractivity contribution in [1.29, 1.82) is 5.26 Å². The first-order chi connectivity index (χ1) is 8.38. The summed E-state index contributed by atoms with van der Waals surface area (Å²) in [5, 5.41) is 20.4. The van der Waals surface area contributed by atoms with Gasteiger partial charge in [-0.05, 0) is 25.5 Å². The number of hydrogen-bond donors (Lipinski definition) is 2. The molecule has 4 heteroatoms. The van der Waals surface area contributed by atoms with E-state index in [9.17, 15) is 0 Å². The van der Waals surface area contributed by atoms with Crippen LogP contribution in [0.5, 0.6) is 5.75 Å². The number of unbranched alkanes of at least 4 members (excludes halogenated alkanes) is 1. The van der Waals surface area contributed by atoms with Crippen molar-refractivity contribution >= 4 is 0 Å². The average molecular weight is 234 g/mol. The number of ether oxygens (including phenoxy) is 1. The molecule has 0 saturated heterocycles. The molecule has 92 valence electrons. The van der Waals surface area contributed by atoms with Crippen LogP contribution in [0.3, 0.4) is 0 Å². The van der Waals surface area contributed by atoms with Crippen molar-refractivity contribution in [3.63, 3.8) is 0 Å². The summed E-state index contributed by atoms with van der Waals surface area (Å²) in [7, 11) is 0. The van der Waals surface area contributed by atoms with Gasteiger partial charge in [0.25, 0.3) is 0 Å². The first-order valence-electron chi connectivity index (χ1n) is 5.77. The highest BCUT2D eigenvalue weighted by molar-refractivity contribution is 5.33. The molecule has 0 atom stereocenters. The maximum absolute atomic E-state index is 8.65. The molecule has 0 bridgehead atoms. The summed E-state index contributed by atoms with van der Waals surface area (Å²) in [6.45, 7) is 1.89. The highest BCUT2D eigenvalue weighted by atomic mass is 16.5. The monoisotopic (exact) mass is 234 g/mol. The Morgan fingerprint density at radius 3 is 2.88 bits per heavy atom. The zero-order valence-electron chi connectivity index (χ0n) is 9.85. The first kappa shape index (κ1) is 13.5. The SMILES string of the molecule is N#CCOc1ccccc1CNCCCCO. The quantitative estimate of drug-likeness (QED) is 0.668. The molecule has 0 aliphatic heterocycles. The van der Waals surface area contributed by atoms with E-state index in [2.05, 4.69) is 5.32 Å². The predicted molar refractivity (Wildman–Crippen MR) is 65.6 cm³/mol. The molecule has 0 aromatic heterocycles. The molecule has 1 rings (SSSR count). The smallest absolute Gasteiger partial charge is 0.174 e. The van der Waals surface area contributed by atoms with Gasteiger partial charge in [0.1, 0.15) is 11.8 Å². The second-order valence-corrected chi connectivity index (χ2v) is 3.66. The van der Waals surface area contributed by atoms with Crippen LogP contribution in [0.25, 0.3) is 0 Å². The topological polar surface area (TPSA) is 65.3 Å². The minimum absolute atomic E-state index is 0.0710. The summed E-state index contributed by atoms with van der Waals surface area (Å²) in [6, 6.07) is 9.64. The van der Waals surface area contributed by atoms with Gasteiger partial charge in [-0.3, -0.25) is 0 Å². The Labute approximate surface area is 102 Å². The average Bonchev–Trinajstić information content (AvgIpc) is 2.37. The van der Waals surface area contributed by atoms with E-state index in [0.29, 0.717) is 6.54 Å². The van der Waals surface area contributed by atoms with Crippen LogP contribution in [-0.2, 0) is 6.54 Å². The second-order valence-electron chi connectivity index (χ2n) is 3.66. The summed E-state index contributed by atoms with van der Waals surface area (Å²) in [5.41, 5.74) is 1.05. The maximum atomic E-state index is 8.65. The number of rotatable bonds is 8. The van der Waals surface area contributed by atoms with Crippen LogP contribution in [-0.4, -0.2) is 24.9 Å². The first-order valence-corrected chi connectivity index (χ1v) is 5.77. The summed E-state index contributed by atoms with van der Waals surface area (Å²) in [4.78, 5) is 0. The Balaban J connectivity index is 2.38. The van der Waals surface area contributed by atoms with E-state index < -0.39 is 0 Å². The fourth-order valence-electron chi connectivity index (χ4n) is 1.49. The normalized spacial score (nSPS) is 9.88. The van der Waals surface area contributed by atoms with Crippen molar-refractivity contribution in [2.24, 2.45) is 0 Å². The molecule has 1 aromatic rings. The number of para-hydroxylation sites is 1. The molecule has 0 aliphatic carbocycles. The van der Waals surface area contributed by atoms with Gasteiger partial charge in [-0.15, -0.1) is 0 Å². The molecule has 4 nitrogen and oxygen atoms in total. The van der Waals surface area contributed by atoms with E-state index in [4.69, 9.17) is 15.1 Å². The number of nitriles is 1. The Bertz CT molecular complexity index is 361. The summed E-state index contributed by atoms with van der Waals surface area (Å²) in [6.07, 6.45) is 1.78. The van der Waals surface area contributed by atoms with Crippen LogP contribution in [0, 0.1) is 11.3 Å². The Morgan fingerprint density at radius 2 is 2.12 bits per heavy atom. The lowest BCUT2D eigenvalue weighted by Gasteiger charge is -2.09. The van der Waals surface area contributed by atoms with Gasteiger partial charge >= 0.3 is 0 Å². The fraction of sp³-hybridized carbons (Fsp3) is 0.462. The standard InChI is InChI=1S/C13H18N2O2/c14-7-10-17-13-6-2-1-5-12(13)11-15-8-3-4-9-16/h1-2,5-6,15-16H,3-4,8-11H2. The number of aliphatic hydroxyl groups is 1. The number of aliphatic hydroxyl groups excluding tert-OH is 1. The van der Waals surface area contributed by atoms with Crippen molar-refractivity contribution in [3.8, 4) is 11.8 Å². The molecule has 0 heterocycles. The van der Waals surface area contributed by atoms with E-state index in [1.165, 1.54) is 0 Å². The Kier molecular flexibility index (Phi) is 6.80. The molecule has 0 amide bonds. The molecule has 17 heavy (non-hydrogen) atoms. The number of nitrogens with zero attached hydrogens (tertiary/aromatic N) is 1. The van der Waals surface area contributed by atoms with Gasteiger partial charge in [-0.2, -0.15) is 5.26 Å². The molecule has 0 spiro atoms. The fourth-order valence-corrected chi connectivity index (χ4v) is 1.49. The molecule has 0 fully saturated rings. The van der Waals surface area contributed by atoms with E-state index in [0.717, 1.165) is 30.7 Å². The lowest BCUT2D eigenvalue weighted by atomic mass is 10.2. The predicted octanol–water partition coefficient (Wildman–Crippen LogP) is 1.45. The Morgan fingerprint density at radius 1 is 1.29 bits per heavy atom. The van der Waals surface area contributed by atoms with E-state index in [1.54, 1.807) is 0 Å². The molecular weight excluding hydrogens is 216 g/mol. The summed E-state index contributed by atoms with van der Waals surface area (Å²) >= 11 is 0. The molecule has 0 unspecified atom stereocenters. The number of hydrogen-bond acceptors (Lipinski definition) is 4.